The molecule has 0 bridgehead atoms. The minimum atomic E-state index is -3.65. The quantitative estimate of drug-likeness (QED) is 0.890. The predicted molar refractivity (Wildman–Crippen MR) is 77.9 cm³/mol. The first-order chi connectivity index (χ1) is 9.53. The number of sulfonamides is 1. The van der Waals surface area contributed by atoms with E-state index in [-0.39, 0.29) is 16.7 Å². The topological polar surface area (TPSA) is 66.4 Å². The maximum absolute atomic E-state index is 12.3. The summed E-state index contributed by atoms with van der Waals surface area (Å²) in [7, 11) is -3.65. The molecule has 5 heteroatoms. The Morgan fingerprint density at radius 3 is 2.40 bits per heavy atom. The summed E-state index contributed by atoms with van der Waals surface area (Å²) in [5, 5.41) is 9.39. The molecule has 2 rings (SSSR count). The fraction of sp³-hybridized carbons (Fsp3) is 0.200. The average molecular weight is 291 g/mol. The highest BCUT2D eigenvalue weighted by Crippen LogP contribution is 2.21. The van der Waals surface area contributed by atoms with Gasteiger partial charge in [0.1, 0.15) is 5.75 Å². The molecular weight excluding hydrogens is 274 g/mol. The molecule has 0 aliphatic carbocycles. The molecule has 0 spiro atoms. The van der Waals surface area contributed by atoms with E-state index in [4.69, 9.17) is 0 Å². The predicted octanol–water partition coefficient (Wildman–Crippen LogP) is 2.82. The second-order valence-electron chi connectivity index (χ2n) is 4.49. The van der Waals surface area contributed by atoms with E-state index < -0.39 is 10.0 Å². The van der Waals surface area contributed by atoms with E-state index >= 15 is 0 Å². The van der Waals surface area contributed by atoms with Gasteiger partial charge in [0, 0.05) is 6.04 Å². The Labute approximate surface area is 119 Å². The van der Waals surface area contributed by atoms with Crippen LogP contribution in [0.4, 0.5) is 0 Å². The number of rotatable bonds is 5. The van der Waals surface area contributed by atoms with Gasteiger partial charge in [-0.15, -0.1) is 0 Å². The molecule has 0 aliphatic rings. The molecule has 0 saturated carbocycles. The normalized spacial score (nSPS) is 13.1. The van der Waals surface area contributed by atoms with E-state index in [9.17, 15) is 13.5 Å². The highest BCUT2D eigenvalue weighted by atomic mass is 32.2. The van der Waals surface area contributed by atoms with Crippen LogP contribution in [0.1, 0.15) is 24.9 Å². The zero-order valence-electron chi connectivity index (χ0n) is 11.2. The maximum atomic E-state index is 12.3. The molecule has 0 aliphatic heterocycles. The van der Waals surface area contributed by atoms with E-state index in [0.29, 0.717) is 6.42 Å². The van der Waals surface area contributed by atoms with Crippen molar-refractivity contribution in [2.24, 2.45) is 0 Å². The van der Waals surface area contributed by atoms with E-state index in [0.717, 1.165) is 5.56 Å². The van der Waals surface area contributed by atoms with Crippen molar-refractivity contribution in [1.82, 2.24) is 4.72 Å². The van der Waals surface area contributed by atoms with Crippen molar-refractivity contribution in [3.63, 3.8) is 0 Å². The standard InChI is InChI=1S/C15H17NO3S/c1-2-15(12-7-4-3-5-8-12)16-20(18,19)14-10-6-9-13(17)11-14/h3-11,15-17H,2H2,1H3. The summed E-state index contributed by atoms with van der Waals surface area (Å²) in [5.74, 6) is -0.0689. The monoisotopic (exact) mass is 291 g/mol. The lowest BCUT2D eigenvalue weighted by molar-refractivity contribution is 0.472. The molecule has 0 aromatic heterocycles. The highest BCUT2D eigenvalue weighted by molar-refractivity contribution is 7.89. The second-order valence-corrected chi connectivity index (χ2v) is 6.20. The molecule has 1 atom stereocenters. The first-order valence-corrected chi connectivity index (χ1v) is 7.87. The Hall–Kier alpha value is -1.85. The Morgan fingerprint density at radius 2 is 1.80 bits per heavy atom. The third-order valence-corrected chi connectivity index (χ3v) is 4.50. The Morgan fingerprint density at radius 1 is 1.10 bits per heavy atom. The Kier molecular flexibility index (Phi) is 4.42. The number of hydrogen-bond acceptors (Lipinski definition) is 3. The van der Waals surface area contributed by atoms with Gasteiger partial charge in [0.25, 0.3) is 0 Å². The first-order valence-electron chi connectivity index (χ1n) is 6.39. The number of phenols is 1. The van der Waals surface area contributed by atoms with Gasteiger partial charge in [-0.05, 0) is 30.2 Å². The van der Waals surface area contributed by atoms with Gasteiger partial charge in [-0.25, -0.2) is 13.1 Å². The zero-order valence-corrected chi connectivity index (χ0v) is 12.0. The molecule has 106 valence electrons. The summed E-state index contributed by atoms with van der Waals surface area (Å²) in [6.07, 6.45) is 0.641. The smallest absolute Gasteiger partial charge is 0.241 e. The molecule has 2 aromatic carbocycles. The molecule has 0 saturated heterocycles. The summed E-state index contributed by atoms with van der Waals surface area (Å²) in [5.41, 5.74) is 0.915. The highest BCUT2D eigenvalue weighted by Gasteiger charge is 2.20. The minimum absolute atomic E-state index is 0.0619. The van der Waals surface area contributed by atoms with Crippen LogP contribution in [0, 0.1) is 0 Å². The lowest BCUT2D eigenvalue weighted by Crippen LogP contribution is -2.28. The fourth-order valence-electron chi connectivity index (χ4n) is 1.98. The Bertz CT molecular complexity index is 669. The number of nitrogens with one attached hydrogen (secondary N) is 1. The number of phenolic OH excluding ortho intramolecular Hbond substituents is 1. The minimum Gasteiger partial charge on any atom is -0.508 e. The van der Waals surface area contributed by atoms with E-state index in [2.05, 4.69) is 4.72 Å². The van der Waals surface area contributed by atoms with Crippen molar-refractivity contribution in [3.05, 3.63) is 60.2 Å². The van der Waals surface area contributed by atoms with Crippen LogP contribution in [-0.2, 0) is 10.0 Å². The molecule has 4 nitrogen and oxygen atoms in total. The zero-order chi connectivity index (χ0) is 14.6. The van der Waals surface area contributed by atoms with Crippen molar-refractivity contribution >= 4 is 10.0 Å². The van der Waals surface area contributed by atoms with Crippen molar-refractivity contribution in [1.29, 1.82) is 0 Å². The van der Waals surface area contributed by atoms with Crippen molar-refractivity contribution < 1.29 is 13.5 Å². The third-order valence-electron chi connectivity index (χ3n) is 3.04. The van der Waals surface area contributed by atoms with Crippen molar-refractivity contribution in [2.75, 3.05) is 0 Å². The van der Waals surface area contributed by atoms with Crippen LogP contribution in [-0.4, -0.2) is 13.5 Å². The summed E-state index contributed by atoms with van der Waals surface area (Å²) < 4.78 is 27.3. The molecule has 1 unspecified atom stereocenters. The second kappa shape index (κ2) is 6.07. The lowest BCUT2D eigenvalue weighted by atomic mass is 10.1. The van der Waals surface area contributed by atoms with Crippen LogP contribution in [0.2, 0.25) is 0 Å². The number of aromatic hydroxyl groups is 1. The van der Waals surface area contributed by atoms with E-state index in [1.807, 2.05) is 37.3 Å². The van der Waals surface area contributed by atoms with Crippen LogP contribution >= 0.6 is 0 Å². The maximum Gasteiger partial charge on any atom is 0.241 e. The van der Waals surface area contributed by atoms with Crippen LogP contribution in [0.3, 0.4) is 0 Å². The van der Waals surface area contributed by atoms with Gasteiger partial charge < -0.3 is 5.11 Å². The van der Waals surface area contributed by atoms with Gasteiger partial charge in [0.15, 0.2) is 0 Å². The van der Waals surface area contributed by atoms with Gasteiger partial charge in [-0.1, -0.05) is 43.3 Å². The van der Waals surface area contributed by atoms with E-state index in [1.165, 1.54) is 24.3 Å². The van der Waals surface area contributed by atoms with E-state index in [1.54, 1.807) is 0 Å². The summed E-state index contributed by atoms with van der Waals surface area (Å²) in [4.78, 5) is 0.0619. The van der Waals surface area contributed by atoms with Crippen LogP contribution in [0.25, 0.3) is 0 Å². The van der Waals surface area contributed by atoms with Gasteiger partial charge in [0.2, 0.25) is 10.0 Å². The molecule has 20 heavy (non-hydrogen) atoms. The SMILES string of the molecule is CCC(NS(=O)(=O)c1cccc(O)c1)c1ccccc1. The molecule has 0 radical (unpaired) electrons. The summed E-state index contributed by atoms with van der Waals surface area (Å²) in [6.45, 7) is 1.92. The lowest BCUT2D eigenvalue weighted by Gasteiger charge is -2.17. The van der Waals surface area contributed by atoms with Crippen molar-refractivity contribution in [2.45, 2.75) is 24.3 Å². The summed E-state index contributed by atoms with van der Waals surface area (Å²) >= 11 is 0. The van der Waals surface area contributed by atoms with Crippen LogP contribution < -0.4 is 4.72 Å². The van der Waals surface area contributed by atoms with Crippen molar-refractivity contribution in [3.8, 4) is 5.75 Å². The molecule has 0 fully saturated rings. The van der Waals surface area contributed by atoms with Gasteiger partial charge in [-0.3, -0.25) is 0 Å². The molecule has 2 N–H and O–H groups in total. The fourth-order valence-corrected chi connectivity index (χ4v) is 3.33. The van der Waals surface area contributed by atoms with Gasteiger partial charge >= 0.3 is 0 Å². The molecule has 2 aromatic rings. The first kappa shape index (κ1) is 14.6. The van der Waals surface area contributed by atoms with Crippen LogP contribution in [0.15, 0.2) is 59.5 Å². The molecule has 0 heterocycles. The van der Waals surface area contributed by atoms with Gasteiger partial charge in [-0.2, -0.15) is 0 Å². The van der Waals surface area contributed by atoms with Crippen LogP contribution in [0.5, 0.6) is 5.75 Å². The molecule has 0 amide bonds. The largest absolute Gasteiger partial charge is 0.508 e. The summed E-state index contributed by atoms with van der Waals surface area (Å²) in [6, 6.07) is 14.8. The Balaban J connectivity index is 2.27. The number of hydrogen-bond donors (Lipinski definition) is 2. The molecular formula is C15H17NO3S. The average Bonchev–Trinajstić information content (AvgIpc) is 2.46. The third kappa shape index (κ3) is 3.37. The number of benzene rings is 2. The van der Waals surface area contributed by atoms with Gasteiger partial charge in [0.05, 0.1) is 4.90 Å².